The van der Waals surface area contributed by atoms with Crippen molar-refractivity contribution < 1.29 is 0 Å². The van der Waals surface area contributed by atoms with Crippen molar-refractivity contribution in [1.29, 1.82) is 0 Å². The van der Waals surface area contributed by atoms with E-state index in [4.69, 9.17) is 15.1 Å². The summed E-state index contributed by atoms with van der Waals surface area (Å²) in [7, 11) is 2.09. The number of aryl methyl sites for hydroxylation is 3. The Morgan fingerprint density at radius 2 is 1.93 bits per heavy atom. The molecule has 0 aliphatic heterocycles. The van der Waals surface area contributed by atoms with Crippen LogP contribution in [-0.2, 0) is 7.05 Å². The van der Waals surface area contributed by atoms with Gasteiger partial charge in [0.1, 0.15) is 5.82 Å². The van der Waals surface area contributed by atoms with Crippen LogP contribution >= 0.6 is 0 Å². The molecular weight excluding hydrogens is 350 g/mol. The zero-order chi connectivity index (χ0) is 19.0. The first kappa shape index (κ1) is 15.7. The Kier molecular flexibility index (Phi) is 2.99. The fourth-order valence-electron chi connectivity index (χ4n) is 4.19. The van der Waals surface area contributed by atoms with Crippen LogP contribution in [0.15, 0.2) is 36.7 Å². The average Bonchev–Trinajstić information content (AvgIpc) is 3.23. The monoisotopic (exact) mass is 369 g/mol. The van der Waals surface area contributed by atoms with Crippen molar-refractivity contribution in [3.05, 3.63) is 59.7 Å². The normalized spacial score (nSPS) is 19.1. The van der Waals surface area contributed by atoms with Gasteiger partial charge in [-0.15, -0.1) is 0 Å². The van der Waals surface area contributed by atoms with Crippen LogP contribution in [-0.4, -0.2) is 34.1 Å². The van der Waals surface area contributed by atoms with Gasteiger partial charge in [0.05, 0.1) is 27.9 Å². The fourth-order valence-corrected chi connectivity index (χ4v) is 4.19. The summed E-state index contributed by atoms with van der Waals surface area (Å²) in [5, 5.41) is 5.86. The van der Waals surface area contributed by atoms with Crippen molar-refractivity contribution in [2.75, 3.05) is 0 Å². The van der Waals surface area contributed by atoms with Gasteiger partial charge in [-0.25, -0.2) is 14.5 Å². The fraction of sp³-hybridized carbons (Fsp3) is 0.286. The molecule has 28 heavy (non-hydrogen) atoms. The van der Waals surface area contributed by atoms with Crippen molar-refractivity contribution in [3.8, 4) is 0 Å². The summed E-state index contributed by atoms with van der Waals surface area (Å²) < 4.78 is 4.11. The average molecular weight is 369 g/mol. The molecule has 1 saturated carbocycles. The quantitative estimate of drug-likeness (QED) is 0.476. The largest absolute Gasteiger partial charge is 0.331 e. The molecular formula is C21H19N7. The van der Waals surface area contributed by atoms with Crippen molar-refractivity contribution in [1.82, 2.24) is 34.1 Å². The van der Waals surface area contributed by atoms with E-state index in [1.54, 1.807) is 0 Å². The first-order valence-electron chi connectivity index (χ1n) is 9.51. The van der Waals surface area contributed by atoms with Gasteiger partial charge in [-0.3, -0.25) is 9.97 Å². The lowest BCUT2D eigenvalue weighted by Crippen LogP contribution is -1.98. The highest BCUT2D eigenvalue weighted by atomic mass is 15.3. The van der Waals surface area contributed by atoms with Crippen LogP contribution in [0.4, 0.5) is 0 Å². The van der Waals surface area contributed by atoms with Gasteiger partial charge >= 0.3 is 0 Å². The molecule has 0 N–H and O–H groups in total. The van der Waals surface area contributed by atoms with Crippen LogP contribution in [0.5, 0.6) is 0 Å². The molecule has 1 aliphatic carbocycles. The molecule has 1 fully saturated rings. The number of nitrogens with zero attached hydrogens (tertiary/aromatic N) is 7. The topological polar surface area (TPSA) is 73.8 Å². The van der Waals surface area contributed by atoms with E-state index in [0.717, 1.165) is 57.0 Å². The lowest BCUT2D eigenvalue weighted by molar-refractivity contribution is 0.780. The van der Waals surface area contributed by atoms with Crippen molar-refractivity contribution in [2.24, 2.45) is 7.05 Å². The number of pyridine rings is 1. The minimum Gasteiger partial charge on any atom is -0.331 e. The Morgan fingerprint density at radius 3 is 2.79 bits per heavy atom. The summed E-state index contributed by atoms with van der Waals surface area (Å²) in [6.07, 6.45) is 4.69. The van der Waals surface area contributed by atoms with Crippen molar-refractivity contribution >= 4 is 27.6 Å². The summed E-state index contributed by atoms with van der Waals surface area (Å²) >= 11 is 0. The van der Waals surface area contributed by atoms with Crippen molar-refractivity contribution in [2.45, 2.75) is 32.1 Å². The zero-order valence-electron chi connectivity index (χ0n) is 16.0. The maximum absolute atomic E-state index is 5.02. The molecule has 1 aromatic carbocycles. The van der Waals surface area contributed by atoms with E-state index in [0.29, 0.717) is 11.8 Å². The molecule has 0 bridgehead atoms. The van der Waals surface area contributed by atoms with E-state index in [1.165, 1.54) is 0 Å². The molecule has 4 aromatic heterocycles. The van der Waals surface area contributed by atoms with E-state index < -0.39 is 0 Å². The highest BCUT2D eigenvalue weighted by molar-refractivity contribution is 6.02. The number of imidazole rings is 1. The van der Waals surface area contributed by atoms with Crippen LogP contribution in [0, 0.1) is 13.8 Å². The molecule has 6 rings (SSSR count). The van der Waals surface area contributed by atoms with E-state index in [9.17, 15) is 0 Å². The summed E-state index contributed by atoms with van der Waals surface area (Å²) in [6.45, 7) is 3.98. The SMILES string of the molecule is Cc1ncc(C)n2nc(C3C[C@@H]3c3nc4c5cccnc5ccc4n3C)nc12. The molecule has 7 nitrogen and oxygen atoms in total. The maximum Gasteiger partial charge on any atom is 0.177 e. The highest BCUT2D eigenvalue weighted by Gasteiger charge is 2.45. The van der Waals surface area contributed by atoms with Gasteiger partial charge in [0.15, 0.2) is 11.5 Å². The maximum atomic E-state index is 5.02. The van der Waals surface area contributed by atoms with Crippen LogP contribution in [0.3, 0.4) is 0 Å². The highest BCUT2D eigenvalue weighted by Crippen LogP contribution is 2.53. The molecule has 138 valence electrons. The van der Waals surface area contributed by atoms with Crippen LogP contribution in [0.25, 0.3) is 27.6 Å². The number of rotatable bonds is 2. The molecule has 0 saturated heterocycles. The Labute approximate surface area is 161 Å². The summed E-state index contributed by atoms with van der Waals surface area (Å²) in [4.78, 5) is 18.7. The zero-order valence-corrected chi connectivity index (χ0v) is 16.0. The minimum absolute atomic E-state index is 0.304. The summed E-state index contributed by atoms with van der Waals surface area (Å²) in [6, 6.07) is 8.24. The van der Waals surface area contributed by atoms with Crippen LogP contribution in [0.2, 0.25) is 0 Å². The third-order valence-electron chi connectivity index (χ3n) is 5.85. The lowest BCUT2D eigenvalue weighted by Gasteiger charge is -2.01. The van der Waals surface area contributed by atoms with E-state index in [2.05, 4.69) is 39.8 Å². The molecule has 7 heteroatoms. The van der Waals surface area contributed by atoms with Gasteiger partial charge in [-0.1, -0.05) is 0 Å². The summed E-state index contributed by atoms with van der Waals surface area (Å²) in [5.41, 5.74) is 5.89. The third-order valence-corrected chi connectivity index (χ3v) is 5.85. The second kappa shape index (κ2) is 5.34. The van der Waals surface area contributed by atoms with Gasteiger partial charge in [0.2, 0.25) is 0 Å². The third kappa shape index (κ3) is 2.07. The van der Waals surface area contributed by atoms with Gasteiger partial charge < -0.3 is 4.57 Å². The van der Waals surface area contributed by atoms with Gasteiger partial charge in [0.25, 0.3) is 0 Å². The number of fused-ring (bicyclic) bond motifs is 4. The molecule has 0 spiro atoms. The second-order valence-electron chi connectivity index (χ2n) is 7.67. The lowest BCUT2D eigenvalue weighted by atomic mass is 10.2. The standard InChI is InChI=1S/C21H19N7/c1-11-10-23-12(2)20-25-19(26-28(11)20)14-9-15(14)21-24-18-13-5-4-8-22-16(13)6-7-17(18)27(21)3/h4-8,10,14-15H,9H2,1-3H3/t14?,15-/m0/s1. The Morgan fingerprint density at radius 1 is 1.04 bits per heavy atom. The van der Waals surface area contributed by atoms with E-state index in [-0.39, 0.29) is 0 Å². The Balaban J connectivity index is 1.44. The number of hydrogen-bond donors (Lipinski definition) is 0. The molecule has 1 unspecified atom stereocenters. The van der Waals surface area contributed by atoms with Gasteiger partial charge in [0, 0.05) is 36.7 Å². The summed E-state index contributed by atoms with van der Waals surface area (Å²) in [5.74, 6) is 2.64. The van der Waals surface area contributed by atoms with E-state index >= 15 is 0 Å². The Hall–Kier alpha value is -3.35. The van der Waals surface area contributed by atoms with E-state index in [1.807, 2.05) is 36.8 Å². The molecule has 5 aromatic rings. The molecule has 0 amide bonds. The number of aromatic nitrogens is 7. The van der Waals surface area contributed by atoms with Gasteiger partial charge in [-0.2, -0.15) is 5.10 Å². The predicted octanol–water partition coefficient (Wildman–Crippen LogP) is 3.45. The number of benzene rings is 1. The Bertz CT molecular complexity index is 1360. The second-order valence-corrected chi connectivity index (χ2v) is 7.67. The number of hydrogen-bond acceptors (Lipinski definition) is 5. The molecule has 0 radical (unpaired) electrons. The van der Waals surface area contributed by atoms with Crippen LogP contribution in [0.1, 0.15) is 41.3 Å². The minimum atomic E-state index is 0.304. The van der Waals surface area contributed by atoms with Crippen molar-refractivity contribution in [3.63, 3.8) is 0 Å². The predicted molar refractivity (Wildman–Crippen MR) is 106 cm³/mol. The molecule has 2 atom stereocenters. The first-order chi connectivity index (χ1) is 13.6. The first-order valence-corrected chi connectivity index (χ1v) is 9.51. The molecule has 4 heterocycles. The molecule has 1 aliphatic rings. The smallest absolute Gasteiger partial charge is 0.177 e. The van der Waals surface area contributed by atoms with Gasteiger partial charge in [-0.05, 0) is 44.5 Å². The van der Waals surface area contributed by atoms with Crippen LogP contribution < -0.4 is 0 Å².